The summed E-state index contributed by atoms with van der Waals surface area (Å²) in [7, 11) is 0. The number of anilines is 1. The van der Waals surface area contributed by atoms with Gasteiger partial charge in [0.1, 0.15) is 6.07 Å². The molecule has 0 fully saturated rings. The number of hydrogen-bond donors (Lipinski definition) is 2. The zero-order valence-electron chi connectivity index (χ0n) is 9.03. The predicted molar refractivity (Wildman–Crippen MR) is 58.5 cm³/mol. The molecule has 1 rings (SSSR count). The number of aromatic nitrogens is 2. The predicted octanol–water partition coefficient (Wildman–Crippen LogP) is 0.286. The Morgan fingerprint density at radius 1 is 1.62 bits per heavy atom. The number of carbonyl (C=O) groups excluding carboxylic acids is 1. The molecule has 1 aromatic heterocycles. The highest BCUT2D eigenvalue weighted by Crippen LogP contribution is 2.06. The van der Waals surface area contributed by atoms with Gasteiger partial charge in [0.15, 0.2) is 5.82 Å². The van der Waals surface area contributed by atoms with E-state index in [1.165, 1.54) is 6.20 Å². The van der Waals surface area contributed by atoms with Crippen molar-refractivity contribution in [2.45, 2.75) is 13.3 Å². The van der Waals surface area contributed by atoms with Crippen LogP contribution in [0.1, 0.15) is 18.9 Å². The zero-order valence-corrected chi connectivity index (χ0v) is 9.03. The Labute approximate surface area is 93.7 Å². The molecular formula is C10H13N5O. The van der Waals surface area contributed by atoms with Gasteiger partial charge in [0, 0.05) is 6.54 Å². The quantitative estimate of drug-likeness (QED) is 0.742. The molecule has 1 amide bonds. The average molecular weight is 219 g/mol. The van der Waals surface area contributed by atoms with Crippen LogP contribution in [0.25, 0.3) is 0 Å². The highest BCUT2D eigenvalue weighted by atomic mass is 16.1. The van der Waals surface area contributed by atoms with Crippen molar-refractivity contribution in [3.05, 3.63) is 17.8 Å². The van der Waals surface area contributed by atoms with Gasteiger partial charge in [-0.25, -0.2) is 0 Å². The van der Waals surface area contributed by atoms with Crippen molar-refractivity contribution in [1.82, 2.24) is 15.5 Å². The van der Waals surface area contributed by atoms with Gasteiger partial charge in [0.2, 0.25) is 5.91 Å². The molecule has 6 heteroatoms. The summed E-state index contributed by atoms with van der Waals surface area (Å²) < 4.78 is 0. The molecule has 0 saturated heterocycles. The lowest BCUT2D eigenvalue weighted by Gasteiger charge is -2.06. The standard InChI is InChI=1S/C10H13N5O/c1-2-4-12-9(16)7-13-10-8(6-11)3-5-14-15-10/h3,5H,2,4,7H2,1H3,(H,12,16)(H,13,15). The Bertz CT molecular complexity index is 398. The second-order valence-electron chi connectivity index (χ2n) is 3.11. The maximum atomic E-state index is 11.3. The van der Waals surface area contributed by atoms with E-state index in [0.29, 0.717) is 17.9 Å². The van der Waals surface area contributed by atoms with Gasteiger partial charge < -0.3 is 10.6 Å². The van der Waals surface area contributed by atoms with Crippen LogP contribution in [0.5, 0.6) is 0 Å². The fourth-order valence-corrected chi connectivity index (χ4v) is 1.04. The Balaban J connectivity index is 2.48. The van der Waals surface area contributed by atoms with Crippen molar-refractivity contribution in [3.8, 4) is 6.07 Å². The first kappa shape index (κ1) is 11.9. The number of rotatable bonds is 5. The van der Waals surface area contributed by atoms with E-state index in [9.17, 15) is 4.79 Å². The van der Waals surface area contributed by atoms with Crippen LogP contribution in [0.2, 0.25) is 0 Å². The van der Waals surface area contributed by atoms with Crippen LogP contribution in [0.4, 0.5) is 5.82 Å². The summed E-state index contributed by atoms with van der Waals surface area (Å²) in [5.74, 6) is 0.202. The summed E-state index contributed by atoms with van der Waals surface area (Å²) in [5.41, 5.74) is 0.373. The molecule has 0 aliphatic rings. The first-order valence-electron chi connectivity index (χ1n) is 5.00. The molecule has 1 aromatic rings. The van der Waals surface area contributed by atoms with E-state index in [2.05, 4.69) is 20.8 Å². The number of nitrogens with one attached hydrogen (secondary N) is 2. The van der Waals surface area contributed by atoms with E-state index in [1.54, 1.807) is 6.07 Å². The molecule has 0 atom stereocenters. The van der Waals surface area contributed by atoms with Crippen molar-refractivity contribution >= 4 is 11.7 Å². The molecule has 0 aliphatic carbocycles. The summed E-state index contributed by atoms with van der Waals surface area (Å²) in [6.45, 7) is 2.71. The molecule has 16 heavy (non-hydrogen) atoms. The van der Waals surface area contributed by atoms with Crippen LogP contribution in [-0.2, 0) is 4.79 Å². The van der Waals surface area contributed by atoms with Crippen molar-refractivity contribution in [1.29, 1.82) is 5.26 Å². The third-order valence-electron chi connectivity index (χ3n) is 1.83. The summed E-state index contributed by atoms with van der Waals surface area (Å²) in [5, 5.41) is 21.6. The fourth-order valence-electron chi connectivity index (χ4n) is 1.04. The lowest BCUT2D eigenvalue weighted by molar-refractivity contribution is -0.119. The van der Waals surface area contributed by atoms with Crippen LogP contribution in [0.15, 0.2) is 12.3 Å². The number of nitrogens with zero attached hydrogens (tertiary/aromatic N) is 3. The molecule has 2 N–H and O–H groups in total. The minimum Gasteiger partial charge on any atom is -0.358 e. The van der Waals surface area contributed by atoms with E-state index >= 15 is 0 Å². The Morgan fingerprint density at radius 3 is 3.12 bits per heavy atom. The minimum absolute atomic E-state index is 0.0906. The SMILES string of the molecule is CCCNC(=O)CNc1nnccc1C#N. The summed E-state index contributed by atoms with van der Waals surface area (Å²) in [6, 6.07) is 3.51. The van der Waals surface area contributed by atoms with Crippen LogP contribution in [0, 0.1) is 11.3 Å². The third kappa shape index (κ3) is 3.53. The minimum atomic E-state index is -0.128. The van der Waals surface area contributed by atoms with E-state index in [4.69, 9.17) is 5.26 Å². The monoisotopic (exact) mass is 219 g/mol. The van der Waals surface area contributed by atoms with Crippen LogP contribution in [-0.4, -0.2) is 29.2 Å². The number of carbonyl (C=O) groups is 1. The van der Waals surface area contributed by atoms with Gasteiger partial charge in [-0.05, 0) is 12.5 Å². The largest absolute Gasteiger partial charge is 0.358 e. The molecule has 84 valence electrons. The molecule has 1 heterocycles. The molecule has 0 saturated carbocycles. The normalized spacial score (nSPS) is 9.25. The van der Waals surface area contributed by atoms with Gasteiger partial charge in [-0.1, -0.05) is 6.92 Å². The molecule has 0 spiro atoms. The molecule has 0 aliphatic heterocycles. The Kier molecular flexibility index (Phi) is 4.73. The molecular weight excluding hydrogens is 206 g/mol. The van der Waals surface area contributed by atoms with Gasteiger partial charge in [0.05, 0.1) is 18.3 Å². The van der Waals surface area contributed by atoms with Gasteiger partial charge in [-0.2, -0.15) is 10.4 Å². The smallest absolute Gasteiger partial charge is 0.239 e. The van der Waals surface area contributed by atoms with Crippen molar-refractivity contribution in [2.24, 2.45) is 0 Å². The maximum absolute atomic E-state index is 11.3. The third-order valence-corrected chi connectivity index (χ3v) is 1.83. The summed E-state index contributed by atoms with van der Waals surface area (Å²) in [4.78, 5) is 11.3. The Morgan fingerprint density at radius 2 is 2.44 bits per heavy atom. The number of nitriles is 1. The summed E-state index contributed by atoms with van der Waals surface area (Å²) in [6.07, 6.45) is 2.32. The van der Waals surface area contributed by atoms with Crippen molar-refractivity contribution in [3.63, 3.8) is 0 Å². The fraction of sp³-hybridized carbons (Fsp3) is 0.400. The first-order valence-corrected chi connectivity index (χ1v) is 5.00. The van der Waals surface area contributed by atoms with Crippen LogP contribution >= 0.6 is 0 Å². The van der Waals surface area contributed by atoms with E-state index in [0.717, 1.165) is 6.42 Å². The van der Waals surface area contributed by atoms with Crippen molar-refractivity contribution < 1.29 is 4.79 Å². The molecule has 0 aromatic carbocycles. The van der Waals surface area contributed by atoms with Gasteiger partial charge in [-0.3, -0.25) is 4.79 Å². The topological polar surface area (TPSA) is 90.7 Å². The number of amides is 1. The molecule has 0 radical (unpaired) electrons. The Hall–Kier alpha value is -2.16. The zero-order chi connectivity index (χ0) is 11.8. The van der Waals surface area contributed by atoms with Gasteiger partial charge in [0.25, 0.3) is 0 Å². The second kappa shape index (κ2) is 6.35. The lowest BCUT2D eigenvalue weighted by atomic mass is 10.3. The van der Waals surface area contributed by atoms with Crippen LogP contribution < -0.4 is 10.6 Å². The van der Waals surface area contributed by atoms with Crippen LogP contribution in [0.3, 0.4) is 0 Å². The number of hydrogen-bond acceptors (Lipinski definition) is 5. The second-order valence-corrected chi connectivity index (χ2v) is 3.11. The molecule has 0 unspecified atom stereocenters. The van der Waals surface area contributed by atoms with E-state index in [1.807, 2.05) is 13.0 Å². The average Bonchev–Trinajstić information content (AvgIpc) is 2.34. The van der Waals surface area contributed by atoms with Gasteiger partial charge >= 0.3 is 0 Å². The summed E-state index contributed by atoms with van der Waals surface area (Å²) >= 11 is 0. The molecule has 6 nitrogen and oxygen atoms in total. The van der Waals surface area contributed by atoms with Crippen molar-refractivity contribution in [2.75, 3.05) is 18.4 Å². The lowest BCUT2D eigenvalue weighted by Crippen LogP contribution is -2.30. The van der Waals surface area contributed by atoms with E-state index < -0.39 is 0 Å². The van der Waals surface area contributed by atoms with Gasteiger partial charge in [-0.15, -0.1) is 5.10 Å². The highest BCUT2D eigenvalue weighted by molar-refractivity contribution is 5.80. The van der Waals surface area contributed by atoms with E-state index in [-0.39, 0.29) is 12.5 Å². The first-order chi connectivity index (χ1) is 7.77. The maximum Gasteiger partial charge on any atom is 0.239 e. The highest BCUT2D eigenvalue weighted by Gasteiger charge is 2.05. The molecule has 0 bridgehead atoms.